The lowest BCUT2D eigenvalue weighted by Gasteiger charge is -2.13. The Labute approximate surface area is 130 Å². The van der Waals surface area contributed by atoms with Crippen LogP contribution in [0.5, 0.6) is 0 Å². The van der Waals surface area contributed by atoms with Gasteiger partial charge in [-0.25, -0.2) is 0 Å². The van der Waals surface area contributed by atoms with Crippen LogP contribution >= 0.6 is 0 Å². The van der Waals surface area contributed by atoms with E-state index in [9.17, 15) is 9.59 Å². The maximum Gasteiger partial charge on any atom is 0.303 e. The molecule has 0 radical (unpaired) electrons. The molecule has 0 atom stereocenters. The predicted molar refractivity (Wildman–Crippen MR) is 84.5 cm³/mol. The molecule has 2 N–H and O–H groups in total. The number of carboxylic acids is 2. The normalized spacial score (nSPS) is 16.9. The van der Waals surface area contributed by atoms with Gasteiger partial charge < -0.3 is 10.2 Å². The van der Waals surface area contributed by atoms with Gasteiger partial charge in [-0.15, -0.1) is 0 Å². The van der Waals surface area contributed by atoms with E-state index in [-0.39, 0.29) is 12.8 Å². The van der Waals surface area contributed by atoms with Crippen molar-refractivity contribution < 1.29 is 19.8 Å². The van der Waals surface area contributed by atoms with Crippen LogP contribution in [-0.4, -0.2) is 22.2 Å². The quantitative estimate of drug-likeness (QED) is 0.675. The first kappa shape index (κ1) is 16.3. The van der Waals surface area contributed by atoms with Crippen molar-refractivity contribution in [1.82, 2.24) is 0 Å². The molecule has 0 saturated carbocycles. The number of allylic oxidation sites excluding steroid dienone is 8. The molecule has 0 saturated heterocycles. The van der Waals surface area contributed by atoms with Gasteiger partial charge in [-0.05, 0) is 60.8 Å². The molecule has 0 unspecified atom stereocenters. The highest BCUT2D eigenvalue weighted by Crippen LogP contribution is 2.37. The SMILES string of the molecule is O=C(O)CCCC1=CCC=C1C1=C(CCCC(=O)O)C=CC1. The number of carbonyl (C=O) groups is 2. The van der Waals surface area contributed by atoms with Gasteiger partial charge in [-0.1, -0.05) is 24.3 Å². The summed E-state index contributed by atoms with van der Waals surface area (Å²) in [5.74, 6) is -1.50. The van der Waals surface area contributed by atoms with Crippen molar-refractivity contribution in [1.29, 1.82) is 0 Å². The Bertz CT molecular complexity index is 576. The van der Waals surface area contributed by atoms with Crippen LogP contribution in [0.15, 0.2) is 46.6 Å². The molecular formula is C18H22O4. The fraction of sp³-hybridized carbons (Fsp3) is 0.444. The smallest absolute Gasteiger partial charge is 0.303 e. The summed E-state index contributed by atoms with van der Waals surface area (Å²) in [6.07, 6.45) is 13.7. The van der Waals surface area contributed by atoms with Gasteiger partial charge in [0.15, 0.2) is 0 Å². The van der Waals surface area contributed by atoms with Gasteiger partial charge in [0, 0.05) is 12.8 Å². The van der Waals surface area contributed by atoms with E-state index in [1.54, 1.807) is 0 Å². The molecule has 0 heterocycles. The fourth-order valence-electron chi connectivity index (χ4n) is 3.04. The molecule has 4 nitrogen and oxygen atoms in total. The average Bonchev–Trinajstić information content (AvgIpc) is 3.06. The van der Waals surface area contributed by atoms with Crippen LogP contribution in [0.25, 0.3) is 0 Å². The number of aliphatic carboxylic acids is 2. The van der Waals surface area contributed by atoms with Gasteiger partial charge in [0.05, 0.1) is 0 Å². The van der Waals surface area contributed by atoms with Gasteiger partial charge in [-0.3, -0.25) is 9.59 Å². The molecule has 0 bridgehead atoms. The van der Waals surface area contributed by atoms with Gasteiger partial charge in [0.1, 0.15) is 0 Å². The molecule has 0 aromatic rings. The van der Waals surface area contributed by atoms with Crippen molar-refractivity contribution >= 4 is 11.9 Å². The summed E-state index contributed by atoms with van der Waals surface area (Å²) in [6, 6.07) is 0. The molecule has 0 spiro atoms. The Morgan fingerprint density at radius 3 is 2.36 bits per heavy atom. The lowest BCUT2D eigenvalue weighted by atomic mass is 9.92. The summed E-state index contributed by atoms with van der Waals surface area (Å²) in [4.78, 5) is 21.3. The van der Waals surface area contributed by atoms with Crippen molar-refractivity contribution in [2.24, 2.45) is 0 Å². The summed E-state index contributed by atoms with van der Waals surface area (Å²) in [5.41, 5.74) is 5.03. The number of rotatable bonds is 9. The van der Waals surface area contributed by atoms with Gasteiger partial charge in [0.2, 0.25) is 0 Å². The fourth-order valence-corrected chi connectivity index (χ4v) is 3.04. The third-order valence-corrected chi connectivity index (χ3v) is 4.06. The van der Waals surface area contributed by atoms with Crippen molar-refractivity contribution in [3.63, 3.8) is 0 Å². The van der Waals surface area contributed by atoms with Crippen molar-refractivity contribution in [3.8, 4) is 0 Å². The Kier molecular flexibility index (Phi) is 5.75. The highest BCUT2D eigenvalue weighted by Gasteiger charge is 2.19. The second-order valence-electron chi connectivity index (χ2n) is 5.69. The zero-order chi connectivity index (χ0) is 15.9. The highest BCUT2D eigenvalue weighted by atomic mass is 16.4. The summed E-state index contributed by atoms with van der Waals surface area (Å²) >= 11 is 0. The zero-order valence-corrected chi connectivity index (χ0v) is 12.7. The minimum atomic E-state index is -0.751. The van der Waals surface area contributed by atoms with E-state index in [1.807, 2.05) is 0 Å². The molecule has 0 aliphatic heterocycles. The summed E-state index contributed by atoms with van der Waals surface area (Å²) in [6.45, 7) is 0. The molecule has 0 aromatic heterocycles. The number of hydrogen-bond acceptors (Lipinski definition) is 2. The molecule has 22 heavy (non-hydrogen) atoms. The first-order valence-corrected chi connectivity index (χ1v) is 7.80. The molecule has 0 fully saturated rings. The monoisotopic (exact) mass is 302 g/mol. The van der Waals surface area contributed by atoms with E-state index < -0.39 is 11.9 Å². The maximum atomic E-state index is 10.6. The topological polar surface area (TPSA) is 74.6 Å². The standard InChI is InChI=1S/C18H22O4/c19-17(20)11-3-7-13-5-1-9-15(13)16-10-2-6-14(16)8-4-12-18(21)22/h1,5-6,10H,2-4,7-9,11-12H2,(H,19,20)(H,21,22). The third-order valence-electron chi connectivity index (χ3n) is 4.06. The second kappa shape index (κ2) is 7.78. The van der Waals surface area contributed by atoms with Crippen LogP contribution in [0, 0.1) is 0 Å². The largest absolute Gasteiger partial charge is 0.481 e. The van der Waals surface area contributed by atoms with Crippen molar-refractivity contribution in [2.75, 3.05) is 0 Å². The summed E-state index contributed by atoms with van der Waals surface area (Å²) in [5, 5.41) is 17.5. The third kappa shape index (κ3) is 4.45. The van der Waals surface area contributed by atoms with Gasteiger partial charge in [-0.2, -0.15) is 0 Å². The Morgan fingerprint density at radius 1 is 1.00 bits per heavy atom. The molecular weight excluding hydrogens is 280 g/mol. The van der Waals surface area contributed by atoms with Crippen LogP contribution in [0.3, 0.4) is 0 Å². The van der Waals surface area contributed by atoms with Crippen LogP contribution < -0.4 is 0 Å². The lowest BCUT2D eigenvalue weighted by Crippen LogP contribution is -1.98. The highest BCUT2D eigenvalue weighted by molar-refractivity contribution is 5.67. The Hall–Kier alpha value is -2.10. The van der Waals surface area contributed by atoms with Crippen LogP contribution in [0.2, 0.25) is 0 Å². The molecule has 0 amide bonds. The molecule has 0 aromatic carbocycles. The number of hydrogen-bond donors (Lipinski definition) is 2. The predicted octanol–water partition coefficient (Wildman–Crippen LogP) is 4.01. The molecule has 2 aliphatic rings. The van der Waals surface area contributed by atoms with E-state index >= 15 is 0 Å². The minimum absolute atomic E-state index is 0.199. The molecule has 118 valence electrons. The first-order chi connectivity index (χ1) is 10.6. The van der Waals surface area contributed by atoms with E-state index in [1.165, 1.54) is 22.3 Å². The van der Waals surface area contributed by atoms with Crippen LogP contribution in [-0.2, 0) is 9.59 Å². The van der Waals surface area contributed by atoms with Gasteiger partial charge in [0.25, 0.3) is 0 Å². The maximum absolute atomic E-state index is 10.6. The summed E-state index contributed by atoms with van der Waals surface area (Å²) in [7, 11) is 0. The van der Waals surface area contributed by atoms with Crippen molar-refractivity contribution in [2.45, 2.75) is 51.4 Å². The molecule has 2 aliphatic carbocycles. The summed E-state index contributed by atoms with van der Waals surface area (Å²) < 4.78 is 0. The Morgan fingerprint density at radius 2 is 1.68 bits per heavy atom. The average molecular weight is 302 g/mol. The van der Waals surface area contributed by atoms with E-state index in [0.29, 0.717) is 12.8 Å². The zero-order valence-electron chi connectivity index (χ0n) is 12.7. The first-order valence-electron chi connectivity index (χ1n) is 7.80. The van der Waals surface area contributed by atoms with Crippen LogP contribution in [0.4, 0.5) is 0 Å². The van der Waals surface area contributed by atoms with E-state index in [4.69, 9.17) is 10.2 Å². The second-order valence-corrected chi connectivity index (χ2v) is 5.69. The van der Waals surface area contributed by atoms with E-state index in [0.717, 1.165) is 25.7 Å². The minimum Gasteiger partial charge on any atom is -0.481 e. The van der Waals surface area contributed by atoms with Gasteiger partial charge >= 0.3 is 11.9 Å². The van der Waals surface area contributed by atoms with E-state index in [2.05, 4.69) is 24.3 Å². The lowest BCUT2D eigenvalue weighted by molar-refractivity contribution is -0.138. The molecule has 4 heteroatoms. The molecule has 2 rings (SSSR count). The number of carboxylic acid groups (broad SMARTS) is 2. The van der Waals surface area contributed by atoms with Crippen molar-refractivity contribution in [3.05, 3.63) is 46.6 Å². The van der Waals surface area contributed by atoms with Crippen LogP contribution in [0.1, 0.15) is 51.4 Å². The Balaban J connectivity index is 1.97.